The highest BCUT2D eigenvalue weighted by molar-refractivity contribution is 6.30. The van der Waals surface area contributed by atoms with Crippen molar-refractivity contribution >= 4 is 17.6 Å². The van der Waals surface area contributed by atoms with Gasteiger partial charge >= 0.3 is 5.97 Å². The van der Waals surface area contributed by atoms with Crippen LogP contribution in [-0.4, -0.2) is 10.7 Å². The fourth-order valence-corrected chi connectivity index (χ4v) is 4.11. The average Bonchev–Trinajstić information content (AvgIpc) is 3.13. The van der Waals surface area contributed by atoms with Crippen LogP contribution >= 0.6 is 11.6 Å². The fourth-order valence-electron chi connectivity index (χ4n) is 3.92. The first-order valence-corrected chi connectivity index (χ1v) is 9.95. The molecule has 0 unspecified atom stereocenters. The third kappa shape index (κ3) is 3.24. The highest BCUT2D eigenvalue weighted by atomic mass is 35.5. The second kappa shape index (κ2) is 7.26. The predicted molar refractivity (Wildman–Crippen MR) is 115 cm³/mol. The summed E-state index contributed by atoms with van der Waals surface area (Å²) in [7, 11) is 0. The van der Waals surface area contributed by atoms with Crippen LogP contribution in [-0.2, 0) is 12.8 Å². The maximum atomic E-state index is 12.8. The van der Waals surface area contributed by atoms with Gasteiger partial charge in [-0.2, -0.15) is 4.73 Å². The van der Waals surface area contributed by atoms with Gasteiger partial charge in [-0.25, -0.2) is 4.79 Å². The van der Waals surface area contributed by atoms with Crippen LogP contribution in [0.3, 0.4) is 0 Å². The van der Waals surface area contributed by atoms with E-state index in [2.05, 4.69) is 24.3 Å². The molecule has 0 aliphatic heterocycles. The monoisotopic (exact) mass is 399 g/mol. The molecule has 1 aliphatic carbocycles. The van der Waals surface area contributed by atoms with Crippen LogP contribution in [0.2, 0.25) is 5.02 Å². The summed E-state index contributed by atoms with van der Waals surface area (Å²) in [5.74, 6) is -0.383. The molecule has 0 atom stereocenters. The van der Waals surface area contributed by atoms with Gasteiger partial charge in [-0.1, -0.05) is 66.2 Å². The normalized spacial score (nSPS) is 12.2. The first kappa shape index (κ1) is 17.8. The van der Waals surface area contributed by atoms with Crippen LogP contribution < -0.4 is 4.84 Å². The summed E-state index contributed by atoms with van der Waals surface area (Å²) in [6.45, 7) is 0. The number of fused-ring (bicyclic) bond motifs is 3. The number of carbonyl (C=O) groups is 1. The van der Waals surface area contributed by atoms with Gasteiger partial charge in [-0.3, -0.25) is 0 Å². The molecule has 0 fully saturated rings. The molecule has 0 saturated heterocycles. The summed E-state index contributed by atoms with van der Waals surface area (Å²) < 4.78 is 1.69. The first-order chi connectivity index (χ1) is 14.2. The van der Waals surface area contributed by atoms with E-state index in [9.17, 15) is 4.79 Å². The number of aromatic nitrogens is 1. The molecule has 1 aromatic heterocycles. The largest absolute Gasteiger partial charge is 0.363 e. The fraction of sp³-hybridized carbons (Fsp3) is 0.0800. The summed E-state index contributed by atoms with van der Waals surface area (Å²) in [5, 5.41) is 0.642. The molecular weight excluding hydrogens is 382 g/mol. The number of hydrogen-bond acceptors (Lipinski definition) is 2. The van der Waals surface area contributed by atoms with Gasteiger partial charge in [0, 0.05) is 16.1 Å². The van der Waals surface area contributed by atoms with Gasteiger partial charge in [0.15, 0.2) is 0 Å². The van der Waals surface area contributed by atoms with Gasteiger partial charge in [0.25, 0.3) is 0 Å². The third-order valence-electron chi connectivity index (χ3n) is 5.30. The van der Waals surface area contributed by atoms with Gasteiger partial charge < -0.3 is 4.84 Å². The highest BCUT2D eigenvalue weighted by Crippen LogP contribution is 2.38. The zero-order valence-corrected chi connectivity index (χ0v) is 16.4. The molecule has 3 aromatic carbocycles. The molecule has 0 spiro atoms. The van der Waals surface area contributed by atoms with Crippen molar-refractivity contribution < 1.29 is 9.63 Å². The molecule has 1 aliphatic rings. The van der Waals surface area contributed by atoms with Crippen LogP contribution in [0.4, 0.5) is 0 Å². The van der Waals surface area contributed by atoms with Crippen LogP contribution in [0.1, 0.15) is 21.6 Å². The first-order valence-electron chi connectivity index (χ1n) is 9.57. The van der Waals surface area contributed by atoms with Crippen molar-refractivity contribution in [2.75, 3.05) is 0 Å². The molecule has 5 rings (SSSR count). The molecule has 29 heavy (non-hydrogen) atoms. The van der Waals surface area contributed by atoms with Gasteiger partial charge in [0.1, 0.15) is 0 Å². The quantitative estimate of drug-likeness (QED) is 0.433. The Morgan fingerprint density at radius 3 is 2.45 bits per heavy atom. The van der Waals surface area contributed by atoms with Crippen LogP contribution in [0.15, 0.2) is 84.9 Å². The molecule has 0 radical (unpaired) electrons. The van der Waals surface area contributed by atoms with E-state index in [4.69, 9.17) is 16.4 Å². The van der Waals surface area contributed by atoms with E-state index in [0.717, 1.165) is 35.4 Å². The van der Waals surface area contributed by atoms with Crippen molar-refractivity contribution in [3.8, 4) is 22.4 Å². The predicted octanol–water partition coefficient (Wildman–Crippen LogP) is 5.84. The Morgan fingerprint density at radius 2 is 1.62 bits per heavy atom. The van der Waals surface area contributed by atoms with Crippen LogP contribution in [0, 0.1) is 0 Å². The van der Waals surface area contributed by atoms with Crippen molar-refractivity contribution in [1.82, 2.24) is 4.73 Å². The Kier molecular flexibility index (Phi) is 4.45. The lowest BCUT2D eigenvalue weighted by atomic mass is 9.90. The molecule has 4 heteroatoms. The Balaban J connectivity index is 1.66. The number of benzene rings is 3. The smallest absolute Gasteiger partial charge is 0.331 e. The lowest BCUT2D eigenvalue weighted by Gasteiger charge is -2.19. The Bertz CT molecular complexity index is 1210. The lowest BCUT2D eigenvalue weighted by Crippen LogP contribution is -2.23. The molecular formula is C25H18ClNO2. The summed E-state index contributed by atoms with van der Waals surface area (Å²) in [4.78, 5) is 18.7. The van der Waals surface area contributed by atoms with Gasteiger partial charge in [0.05, 0.1) is 17.0 Å². The van der Waals surface area contributed by atoms with Gasteiger partial charge in [-0.15, -0.1) is 0 Å². The minimum atomic E-state index is -0.383. The van der Waals surface area contributed by atoms with E-state index in [0.29, 0.717) is 10.6 Å². The number of halogens is 1. The summed E-state index contributed by atoms with van der Waals surface area (Å²) in [6, 6.07) is 27.1. The third-order valence-corrected chi connectivity index (χ3v) is 5.53. The van der Waals surface area contributed by atoms with E-state index >= 15 is 0 Å². The molecule has 0 N–H and O–H groups in total. The van der Waals surface area contributed by atoms with E-state index < -0.39 is 0 Å². The number of rotatable bonds is 3. The minimum absolute atomic E-state index is 0.383. The molecule has 0 amide bonds. The van der Waals surface area contributed by atoms with E-state index in [-0.39, 0.29) is 5.97 Å². The maximum Gasteiger partial charge on any atom is 0.363 e. The van der Waals surface area contributed by atoms with Crippen molar-refractivity contribution in [2.24, 2.45) is 0 Å². The van der Waals surface area contributed by atoms with Gasteiger partial charge in [0.2, 0.25) is 0 Å². The van der Waals surface area contributed by atoms with Crippen molar-refractivity contribution in [3.63, 3.8) is 0 Å². The molecule has 3 nitrogen and oxygen atoms in total. The van der Waals surface area contributed by atoms with Crippen molar-refractivity contribution in [1.29, 1.82) is 0 Å². The topological polar surface area (TPSA) is 31.2 Å². The summed E-state index contributed by atoms with van der Waals surface area (Å²) >= 11 is 6.24. The number of nitrogens with zero attached hydrogens (tertiary/aromatic N) is 1. The zero-order chi connectivity index (χ0) is 19.8. The second-order valence-electron chi connectivity index (χ2n) is 7.10. The van der Waals surface area contributed by atoms with Crippen LogP contribution in [0.25, 0.3) is 22.4 Å². The van der Waals surface area contributed by atoms with E-state index in [1.54, 1.807) is 16.9 Å². The molecule has 142 valence electrons. The number of hydrogen-bond donors (Lipinski definition) is 0. The van der Waals surface area contributed by atoms with Crippen molar-refractivity contribution in [2.45, 2.75) is 12.8 Å². The van der Waals surface area contributed by atoms with Crippen LogP contribution in [0.5, 0.6) is 0 Å². The molecule has 1 heterocycles. The Labute approximate surface area is 174 Å². The highest BCUT2D eigenvalue weighted by Gasteiger charge is 2.25. The average molecular weight is 400 g/mol. The molecule has 0 saturated carbocycles. The minimum Gasteiger partial charge on any atom is -0.331 e. The number of aryl methyl sites for hydroxylation is 1. The summed E-state index contributed by atoms with van der Waals surface area (Å²) in [6.07, 6.45) is 1.71. The zero-order valence-electron chi connectivity index (χ0n) is 15.6. The standard InChI is InChI=1S/C25H18ClNO2/c26-20-11-6-10-19(15-20)24-16-22-21-12-5-4-7-17(21)13-14-23(22)27(24)29-25(28)18-8-2-1-3-9-18/h1-12,15-16H,13-14H2. The maximum absolute atomic E-state index is 12.8. The van der Waals surface area contributed by atoms with Crippen molar-refractivity contribution in [3.05, 3.63) is 107 Å². The SMILES string of the molecule is O=C(On1c(-c2cccc(Cl)c2)cc2c1CCc1ccccc1-2)c1ccccc1. The molecule has 4 aromatic rings. The lowest BCUT2D eigenvalue weighted by molar-refractivity contribution is 0.0458. The number of carbonyl (C=O) groups excluding carboxylic acids is 1. The second-order valence-corrected chi connectivity index (χ2v) is 7.53. The Morgan fingerprint density at radius 1 is 0.828 bits per heavy atom. The molecule has 0 bridgehead atoms. The van der Waals surface area contributed by atoms with E-state index in [1.165, 1.54) is 11.1 Å². The summed E-state index contributed by atoms with van der Waals surface area (Å²) in [5.41, 5.74) is 6.84. The van der Waals surface area contributed by atoms with E-state index in [1.807, 2.05) is 48.5 Å². The van der Waals surface area contributed by atoms with Gasteiger partial charge in [-0.05, 0) is 54.3 Å². The Hall–Kier alpha value is -3.30.